The maximum absolute atomic E-state index is 13.3. The summed E-state index contributed by atoms with van der Waals surface area (Å²) in [6.07, 6.45) is 2.47. The zero-order valence-corrected chi connectivity index (χ0v) is 20.3. The Morgan fingerprint density at radius 3 is 2.12 bits per heavy atom. The predicted octanol–water partition coefficient (Wildman–Crippen LogP) is 4.90. The number of halogens is 1. The van der Waals surface area contributed by atoms with Gasteiger partial charge in [0, 0.05) is 13.2 Å². The number of nitrogens with zero attached hydrogens (tertiary/aromatic N) is 2. The molecule has 174 valence electrons. The van der Waals surface area contributed by atoms with Crippen molar-refractivity contribution in [2.24, 2.45) is 0 Å². The van der Waals surface area contributed by atoms with Crippen LogP contribution in [0.2, 0.25) is 5.04 Å². The number of aromatic nitrogens is 1. The summed E-state index contributed by atoms with van der Waals surface area (Å²) in [6, 6.07) is 21.8. The van der Waals surface area contributed by atoms with Crippen molar-refractivity contribution < 1.29 is 13.7 Å². The number of benzene rings is 2. The summed E-state index contributed by atoms with van der Waals surface area (Å²) in [4.78, 5) is 14.3. The monoisotopic (exact) mass is 467 g/mol. The fraction of sp³-hybridized carbons (Fsp3) is 0.320. The van der Waals surface area contributed by atoms with E-state index in [1.54, 1.807) is 0 Å². The Balaban J connectivity index is 1.70. The molecular weight excluding hydrogens is 437 g/mol. The van der Waals surface area contributed by atoms with Crippen molar-refractivity contribution in [3.63, 3.8) is 0 Å². The zero-order chi connectivity index (χ0) is 23.9. The topological polar surface area (TPSA) is 77.3 Å². The van der Waals surface area contributed by atoms with Crippen molar-refractivity contribution in [3.8, 4) is 0 Å². The second-order valence-electron chi connectivity index (χ2n) is 8.92. The Kier molecular flexibility index (Phi) is 7.94. The first kappa shape index (κ1) is 24.5. The highest BCUT2D eigenvalue weighted by atomic mass is 28.4. The lowest BCUT2D eigenvalue weighted by atomic mass is 10.2. The Labute approximate surface area is 195 Å². The Morgan fingerprint density at radius 1 is 1.03 bits per heavy atom. The van der Waals surface area contributed by atoms with E-state index in [2.05, 4.69) is 79.6 Å². The van der Waals surface area contributed by atoms with E-state index in [9.17, 15) is 14.5 Å². The van der Waals surface area contributed by atoms with Crippen LogP contribution >= 0.6 is 0 Å². The van der Waals surface area contributed by atoms with Crippen LogP contribution in [0.5, 0.6) is 0 Å². The van der Waals surface area contributed by atoms with Crippen molar-refractivity contribution in [1.29, 1.82) is 0 Å². The van der Waals surface area contributed by atoms with E-state index in [1.807, 2.05) is 12.1 Å². The molecule has 1 aromatic heterocycles. The molecule has 0 saturated carbocycles. The number of nitro groups is 1. The largest absolute Gasteiger partial charge is 0.407 e. The van der Waals surface area contributed by atoms with Gasteiger partial charge in [0.05, 0.1) is 17.2 Å². The van der Waals surface area contributed by atoms with Gasteiger partial charge in [0.25, 0.3) is 8.32 Å². The molecule has 0 spiro atoms. The predicted molar refractivity (Wildman–Crippen MR) is 132 cm³/mol. The highest BCUT2D eigenvalue weighted by Gasteiger charge is 2.49. The summed E-state index contributed by atoms with van der Waals surface area (Å²) in [5, 5.41) is 16.4. The fourth-order valence-corrected chi connectivity index (χ4v) is 8.73. The van der Waals surface area contributed by atoms with E-state index in [4.69, 9.17) is 4.43 Å². The van der Waals surface area contributed by atoms with E-state index in [0.29, 0.717) is 13.2 Å². The first-order valence-electron chi connectivity index (χ1n) is 11.0. The highest BCUT2D eigenvalue weighted by molar-refractivity contribution is 6.99. The molecule has 0 aliphatic carbocycles. The summed E-state index contributed by atoms with van der Waals surface area (Å²) >= 11 is 0. The van der Waals surface area contributed by atoms with Crippen LogP contribution in [0.1, 0.15) is 33.6 Å². The van der Waals surface area contributed by atoms with Gasteiger partial charge in [-0.05, 0) is 28.3 Å². The van der Waals surface area contributed by atoms with Crippen LogP contribution < -0.4 is 15.7 Å². The van der Waals surface area contributed by atoms with E-state index in [0.717, 1.165) is 25.1 Å². The van der Waals surface area contributed by atoms with Gasteiger partial charge in [-0.3, -0.25) is 10.1 Å². The molecule has 1 N–H and O–H groups in total. The smallest absolute Gasteiger partial charge is 0.314 e. The molecule has 8 heteroatoms. The third kappa shape index (κ3) is 5.64. The van der Waals surface area contributed by atoms with E-state index >= 15 is 0 Å². The maximum atomic E-state index is 13.3. The van der Waals surface area contributed by atoms with Crippen molar-refractivity contribution in [2.75, 3.05) is 18.5 Å². The fourth-order valence-electron chi connectivity index (χ4n) is 4.12. The summed E-state index contributed by atoms with van der Waals surface area (Å²) in [7, 11) is -2.57. The van der Waals surface area contributed by atoms with Gasteiger partial charge in [0.15, 0.2) is 0 Å². The van der Waals surface area contributed by atoms with Crippen LogP contribution in [0.4, 0.5) is 15.9 Å². The molecule has 6 nitrogen and oxygen atoms in total. The molecule has 0 saturated heterocycles. The minimum Gasteiger partial charge on any atom is -0.407 e. The molecular formula is C25H30FN3O3Si. The molecule has 3 rings (SSSR count). The molecule has 0 radical (unpaired) electrons. The second-order valence-corrected chi connectivity index (χ2v) is 13.2. The number of nitrogens with one attached hydrogen (secondary N) is 1. The lowest BCUT2D eigenvalue weighted by Crippen LogP contribution is -2.66. The number of unbranched alkanes of at least 4 members (excludes halogenated alkanes) is 1. The first-order chi connectivity index (χ1) is 15.8. The van der Waals surface area contributed by atoms with Crippen LogP contribution in [0.3, 0.4) is 0 Å². The van der Waals surface area contributed by atoms with Gasteiger partial charge < -0.3 is 9.74 Å². The molecule has 2 aromatic carbocycles. The summed E-state index contributed by atoms with van der Waals surface area (Å²) < 4.78 is 20.1. The number of hydrogen-bond acceptors (Lipinski definition) is 5. The standard InChI is InChI=1S/C25H30FN3O3Si/c1-25(2,3)33(21-12-6-4-7-13-21,22-14-8-5-9-15-22)32-17-11-10-16-27-24-23(29(30)31)18-20(26)19-28-24/h4-9,12-15,18-19H,10-11,16-17H2,1-3H3,(H,27,28). The van der Waals surface area contributed by atoms with Gasteiger partial charge in [-0.15, -0.1) is 0 Å². The minimum absolute atomic E-state index is 0.0781. The second kappa shape index (κ2) is 10.7. The average Bonchev–Trinajstić information content (AvgIpc) is 2.79. The Bertz CT molecular complexity index is 1020. The van der Waals surface area contributed by atoms with E-state index in [-0.39, 0.29) is 16.5 Å². The van der Waals surface area contributed by atoms with Crippen LogP contribution in [0, 0.1) is 15.9 Å². The molecule has 33 heavy (non-hydrogen) atoms. The third-order valence-electron chi connectivity index (χ3n) is 5.63. The van der Waals surface area contributed by atoms with Crippen LogP contribution in [-0.2, 0) is 4.43 Å². The zero-order valence-electron chi connectivity index (χ0n) is 19.3. The van der Waals surface area contributed by atoms with Gasteiger partial charge in [0.1, 0.15) is 5.82 Å². The van der Waals surface area contributed by atoms with Crippen molar-refractivity contribution >= 4 is 30.2 Å². The number of hydrogen-bond donors (Lipinski definition) is 1. The molecule has 0 aliphatic heterocycles. The average molecular weight is 468 g/mol. The van der Waals surface area contributed by atoms with Gasteiger partial charge in [-0.2, -0.15) is 0 Å². The van der Waals surface area contributed by atoms with Crippen LogP contribution in [-0.4, -0.2) is 31.4 Å². The number of anilines is 1. The normalized spacial score (nSPS) is 11.9. The molecule has 0 atom stereocenters. The van der Waals surface area contributed by atoms with Gasteiger partial charge in [-0.1, -0.05) is 81.4 Å². The molecule has 0 amide bonds. The third-order valence-corrected chi connectivity index (χ3v) is 10.7. The molecule has 3 aromatic rings. The Hall–Kier alpha value is -3.10. The van der Waals surface area contributed by atoms with Crippen molar-refractivity contribution in [1.82, 2.24) is 4.98 Å². The first-order valence-corrected chi connectivity index (χ1v) is 13.0. The van der Waals surface area contributed by atoms with E-state index < -0.39 is 19.1 Å². The molecule has 0 unspecified atom stereocenters. The van der Waals surface area contributed by atoms with Gasteiger partial charge in [-0.25, -0.2) is 9.37 Å². The maximum Gasteiger partial charge on any atom is 0.314 e. The summed E-state index contributed by atoms with van der Waals surface area (Å²) in [5.74, 6) is -0.653. The molecule has 0 fully saturated rings. The highest BCUT2D eigenvalue weighted by Crippen LogP contribution is 2.36. The lowest BCUT2D eigenvalue weighted by Gasteiger charge is -2.43. The molecule has 0 bridgehead atoms. The van der Waals surface area contributed by atoms with Gasteiger partial charge in [0.2, 0.25) is 5.82 Å². The lowest BCUT2D eigenvalue weighted by molar-refractivity contribution is -0.384. The summed E-state index contributed by atoms with van der Waals surface area (Å²) in [5.41, 5.74) is -0.362. The van der Waals surface area contributed by atoms with Crippen molar-refractivity contribution in [2.45, 2.75) is 38.7 Å². The quantitative estimate of drug-likeness (QED) is 0.199. The number of rotatable bonds is 10. The minimum atomic E-state index is -2.57. The SMILES string of the molecule is CC(C)(C)[Si](OCCCCNc1ncc(F)cc1[N+](=O)[O-])(c1ccccc1)c1ccccc1. The molecule has 0 aliphatic rings. The van der Waals surface area contributed by atoms with Crippen molar-refractivity contribution in [3.05, 3.63) is 88.9 Å². The van der Waals surface area contributed by atoms with Crippen LogP contribution in [0.15, 0.2) is 72.9 Å². The Morgan fingerprint density at radius 2 is 1.61 bits per heavy atom. The molecule has 1 heterocycles. The van der Waals surface area contributed by atoms with E-state index in [1.165, 1.54) is 10.4 Å². The number of pyridine rings is 1. The van der Waals surface area contributed by atoms with Gasteiger partial charge >= 0.3 is 5.69 Å². The summed E-state index contributed by atoms with van der Waals surface area (Å²) in [6.45, 7) is 7.75. The van der Waals surface area contributed by atoms with Crippen LogP contribution in [0.25, 0.3) is 0 Å².